The first kappa shape index (κ1) is 35.4. The Kier molecular flexibility index (Phi) is 8.56. The molecule has 1 aromatic carbocycles. The van der Waals surface area contributed by atoms with E-state index in [1.54, 1.807) is 6.20 Å². The monoisotopic (exact) mass is 774 g/mol. The largest absolute Gasteiger partial charge is 0.480 e. The number of aromatic nitrogens is 5. The zero-order valence-corrected chi connectivity index (χ0v) is 32.3. The fourth-order valence-electron chi connectivity index (χ4n) is 11.1. The van der Waals surface area contributed by atoms with Gasteiger partial charge < -0.3 is 29.2 Å². The van der Waals surface area contributed by atoms with Gasteiger partial charge in [-0.25, -0.2) is 14.2 Å². The molecule has 4 aromatic rings. The van der Waals surface area contributed by atoms with Crippen LogP contribution in [0.1, 0.15) is 76.2 Å². The van der Waals surface area contributed by atoms with E-state index < -0.39 is 17.5 Å². The van der Waals surface area contributed by atoms with E-state index in [0.717, 1.165) is 63.8 Å². The third-order valence-corrected chi connectivity index (χ3v) is 14.4. The molecule has 6 aliphatic rings. The van der Waals surface area contributed by atoms with Crippen molar-refractivity contribution >= 4 is 45.3 Å². The Bertz CT molecular complexity index is 2170. The molecule has 2 saturated carbocycles. The molecular formula is C40H48ClFN8O5. The van der Waals surface area contributed by atoms with Crippen LogP contribution in [0.2, 0.25) is 5.02 Å². The van der Waals surface area contributed by atoms with Gasteiger partial charge in [0.2, 0.25) is 5.88 Å². The first-order valence-electron chi connectivity index (χ1n) is 20.0. The number of hydrogen-bond donors (Lipinski definition) is 2. The van der Waals surface area contributed by atoms with Gasteiger partial charge in [0.25, 0.3) is 0 Å². The fraction of sp³-hybridized carbons (Fsp3) is 0.625. The van der Waals surface area contributed by atoms with Gasteiger partial charge >= 0.3 is 12.1 Å². The van der Waals surface area contributed by atoms with Crippen LogP contribution in [0, 0.1) is 23.6 Å². The molecule has 3 aromatic heterocycles. The number of benzene rings is 1. The lowest BCUT2D eigenvalue weighted by Gasteiger charge is -2.58. The average Bonchev–Trinajstić information content (AvgIpc) is 3.93. The van der Waals surface area contributed by atoms with Crippen molar-refractivity contribution in [2.75, 3.05) is 58.0 Å². The molecule has 7 heterocycles. The number of carbonyl (C=O) groups excluding carboxylic acids is 1. The minimum Gasteiger partial charge on any atom is -0.480 e. The van der Waals surface area contributed by atoms with Crippen LogP contribution in [0.3, 0.4) is 0 Å². The van der Waals surface area contributed by atoms with Crippen LogP contribution in [0.4, 0.5) is 15.0 Å². The van der Waals surface area contributed by atoms with Gasteiger partial charge in [-0.1, -0.05) is 18.0 Å². The maximum Gasteiger partial charge on any atom is 0.407 e. The van der Waals surface area contributed by atoms with Gasteiger partial charge in [0.15, 0.2) is 5.82 Å². The number of fused-ring (bicyclic) bond motifs is 3. The summed E-state index contributed by atoms with van der Waals surface area (Å²) in [5.74, 6) is -0.0705. The first-order valence-corrected chi connectivity index (χ1v) is 20.3. The van der Waals surface area contributed by atoms with Gasteiger partial charge in [-0.15, -0.1) is 0 Å². The number of pyridine rings is 1. The van der Waals surface area contributed by atoms with Crippen LogP contribution >= 0.6 is 11.6 Å². The molecule has 4 saturated heterocycles. The molecule has 0 bridgehead atoms. The second-order valence-corrected chi connectivity index (χ2v) is 17.5. The molecule has 0 radical (unpaired) electrons. The van der Waals surface area contributed by atoms with E-state index in [1.165, 1.54) is 32.8 Å². The molecule has 2 N–H and O–H groups in total. The van der Waals surface area contributed by atoms with Gasteiger partial charge in [-0.2, -0.15) is 15.1 Å². The zero-order chi connectivity index (χ0) is 37.5. The Labute approximate surface area is 324 Å². The summed E-state index contributed by atoms with van der Waals surface area (Å²) in [6.45, 7) is 6.56. The van der Waals surface area contributed by atoms with E-state index in [-0.39, 0.29) is 28.5 Å². The number of alkyl carbamates (subject to hydrolysis) is 1. The summed E-state index contributed by atoms with van der Waals surface area (Å²) in [6, 6.07) is 3.03. The van der Waals surface area contributed by atoms with Crippen molar-refractivity contribution in [1.29, 1.82) is 0 Å². The Morgan fingerprint density at radius 1 is 1.07 bits per heavy atom. The van der Waals surface area contributed by atoms with E-state index in [1.807, 2.05) is 17.9 Å². The van der Waals surface area contributed by atoms with Crippen LogP contribution in [0.5, 0.6) is 11.9 Å². The summed E-state index contributed by atoms with van der Waals surface area (Å²) >= 11 is 6.91. The number of aromatic amines is 1. The van der Waals surface area contributed by atoms with E-state index in [0.29, 0.717) is 82.9 Å². The van der Waals surface area contributed by atoms with Gasteiger partial charge in [-0.05, 0) is 94.7 Å². The number of nitrogens with zero attached hydrogens (tertiary/aromatic N) is 6. The van der Waals surface area contributed by atoms with Crippen molar-refractivity contribution in [3.05, 3.63) is 28.7 Å². The second-order valence-electron chi connectivity index (χ2n) is 17.1. The number of aryl methyl sites for hydroxylation is 1. The Morgan fingerprint density at radius 3 is 2.69 bits per heavy atom. The lowest BCUT2D eigenvalue weighted by molar-refractivity contribution is -0.112. The zero-order valence-electron chi connectivity index (χ0n) is 31.5. The fourth-order valence-corrected chi connectivity index (χ4v) is 11.4. The van der Waals surface area contributed by atoms with Crippen molar-refractivity contribution < 1.29 is 28.1 Å². The van der Waals surface area contributed by atoms with Crippen LogP contribution in [-0.2, 0) is 9.47 Å². The first-order chi connectivity index (χ1) is 26.7. The van der Waals surface area contributed by atoms with Crippen LogP contribution in [-0.4, -0.2) is 107 Å². The molecule has 2 aliphatic carbocycles. The second kappa shape index (κ2) is 13.3. The summed E-state index contributed by atoms with van der Waals surface area (Å²) in [7, 11) is 1.50. The molecule has 1 amide bonds. The SMILES string of the molecule is COc1nc(-c2c(Cl)c(C)cc3[nH]ncc23)c(F)c2nc(OC[C@]34CCC[C@H]3N(C3CC5(CCOCC5)C3)CCC4)nc(N3CCC[C@]4(CNC(=O)O4)C3)c12. The number of rotatable bonds is 7. The molecule has 10 rings (SSSR count). The number of amides is 1. The van der Waals surface area contributed by atoms with E-state index >= 15 is 4.39 Å². The quantitative estimate of drug-likeness (QED) is 0.207. The number of piperidine rings is 2. The van der Waals surface area contributed by atoms with Gasteiger partial charge in [0, 0.05) is 48.2 Å². The number of hydrogen-bond acceptors (Lipinski definition) is 11. The van der Waals surface area contributed by atoms with Crippen LogP contribution in [0.25, 0.3) is 33.1 Å². The number of carbonyl (C=O) groups is 1. The highest BCUT2D eigenvalue weighted by molar-refractivity contribution is 6.35. The minimum absolute atomic E-state index is 0.00394. The van der Waals surface area contributed by atoms with Crippen molar-refractivity contribution in [2.45, 2.75) is 95.2 Å². The molecule has 3 atom stereocenters. The van der Waals surface area contributed by atoms with Crippen molar-refractivity contribution in [1.82, 2.24) is 35.4 Å². The number of nitrogens with one attached hydrogen (secondary N) is 2. The lowest BCUT2D eigenvalue weighted by atomic mass is 9.60. The number of halogens is 2. The number of anilines is 1. The van der Waals surface area contributed by atoms with Crippen molar-refractivity contribution in [2.24, 2.45) is 10.8 Å². The maximum atomic E-state index is 17.4. The molecule has 15 heteroatoms. The standard InChI is InChI=1S/C40H48ClFN8O5/c1-23-16-26-25(19-44-48-26)28(30(23)41)32-31(42)33-29(35(45-32)52-2)34(49-12-5-9-40(21-49)20-43-37(51)55-40)47-36(46-33)54-22-39-7-3-6-27(39)50(13-4-8-39)24-17-38(18-24)10-14-53-15-11-38/h16,19,24,27H,3-15,17-18,20-22H2,1-2H3,(H,43,51)(H,44,48)/t27-,39-,40+/m1/s1. The predicted molar refractivity (Wildman–Crippen MR) is 204 cm³/mol. The third-order valence-electron chi connectivity index (χ3n) is 13.9. The molecule has 55 heavy (non-hydrogen) atoms. The van der Waals surface area contributed by atoms with Gasteiger partial charge in [0.05, 0.1) is 43.5 Å². The molecular weight excluding hydrogens is 727 g/mol. The molecule has 2 spiro atoms. The Morgan fingerprint density at radius 2 is 1.89 bits per heavy atom. The van der Waals surface area contributed by atoms with Crippen LogP contribution < -0.4 is 19.7 Å². The summed E-state index contributed by atoms with van der Waals surface area (Å²) in [5.41, 5.74) is 1.58. The highest BCUT2D eigenvalue weighted by Crippen LogP contribution is 2.56. The third kappa shape index (κ3) is 5.79. The highest BCUT2D eigenvalue weighted by atomic mass is 35.5. The topological polar surface area (TPSA) is 140 Å². The van der Waals surface area contributed by atoms with E-state index in [2.05, 4.69) is 20.4 Å². The number of methoxy groups -OCH3 is 1. The number of ether oxygens (including phenoxy) is 4. The minimum atomic E-state index is -0.735. The number of likely N-dealkylation sites (tertiary alicyclic amines) is 1. The van der Waals surface area contributed by atoms with Crippen LogP contribution in [0.15, 0.2) is 12.3 Å². The molecule has 292 valence electrons. The molecule has 0 unspecified atom stereocenters. The lowest BCUT2D eigenvalue weighted by Crippen LogP contribution is -2.61. The van der Waals surface area contributed by atoms with Gasteiger partial charge in [0.1, 0.15) is 28.0 Å². The molecule has 13 nitrogen and oxygen atoms in total. The van der Waals surface area contributed by atoms with Gasteiger partial charge in [-0.3, -0.25) is 10.00 Å². The summed E-state index contributed by atoms with van der Waals surface area (Å²) in [5, 5.41) is 11.3. The van der Waals surface area contributed by atoms with Crippen molar-refractivity contribution in [3.63, 3.8) is 0 Å². The van der Waals surface area contributed by atoms with E-state index in [4.69, 9.17) is 45.5 Å². The predicted octanol–water partition coefficient (Wildman–Crippen LogP) is 6.73. The summed E-state index contributed by atoms with van der Waals surface area (Å²) < 4.78 is 41.5. The average molecular weight is 775 g/mol. The summed E-state index contributed by atoms with van der Waals surface area (Å²) in [4.78, 5) is 31.7. The summed E-state index contributed by atoms with van der Waals surface area (Å²) in [6.07, 6.45) is 13.1. The Balaban J connectivity index is 1.04. The van der Waals surface area contributed by atoms with E-state index in [9.17, 15) is 4.79 Å². The van der Waals surface area contributed by atoms with Crippen molar-refractivity contribution in [3.8, 4) is 23.1 Å². The maximum absolute atomic E-state index is 17.4. The molecule has 6 fully saturated rings. The smallest absolute Gasteiger partial charge is 0.407 e. The normalized spacial score (nSPS) is 28.1. The molecule has 4 aliphatic heterocycles. The Hall–Kier alpha value is -4.01. The number of H-pyrrole nitrogens is 1. The highest BCUT2D eigenvalue weighted by Gasteiger charge is 2.55.